The van der Waals surface area contributed by atoms with E-state index in [1.54, 1.807) is 29.2 Å². The quantitative estimate of drug-likeness (QED) is 0.158. The molecule has 0 spiro atoms. The number of benzene rings is 2. The van der Waals surface area contributed by atoms with Crippen LogP contribution in [0.1, 0.15) is 32.8 Å². The maximum absolute atomic E-state index is 13.0. The number of thiophene rings is 1. The Morgan fingerprint density at radius 3 is 2.33 bits per heavy atom. The highest BCUT2D eigenvalue weighted by atomic mass is 35.5. The van der Waals surface area contributed by atoms with Crippen LogP contribution in [0.25, 0.3) is 0 Å². The van der Waals surface area contributed by atoms with E-state index >= 15 is 0 Å². The number of thioether (sulfide) groups is 1. The Hall–Kier alpha value is -1.71. The second kappa shape index (κ2) is 13.7. The molecule has 196 valence electrons. The van der Waals surface area contributed by atoms with Crippen molar-refractivity contribution in [2.75, 3.05) is 43.4 Å². The van der Waals surface area contributed by atoms with E-state index in [1.165, 1.54) is 12.1 Å². The van der Waals surface area contributed by atoms with Crippen molar-refractivity contribution < 1.29 is 18.0 Å². The molecule has 4 rings (SSSR count). The van der Waals surface area contributed by atoms with Gasteiger partial charge in [-0.25, -0.2) is 0 Å². The van der Waals surface area contributed by atoms with Gasteiger partial charge < -0.3 is 4.90 Å². The summed E-state index contributed by atoms with van der Waals surface area (Å²) >= 11 is 3.40. The van der Waals surface area contributed by atoms with Gasteiger partial charge in [-0.05, 0) is 44.2 Å². The van der Waals surface area contributed by atoms with Gasteiger partial charge in [0.05, 0.1) is 9.77 Å². The Morgan fingerprint density at radius 1 is 0.972 bits per heavy atom. The van der Waals surface area contributed by atoms with Crippen molar-refractivity contribution in [1.82, 2.24) is 4.90 Å². The summed E-state index contributed by atoms with van der Waals surface area (Å²) in [5, 5.41) is 0. The van der Waals surface area contributed by atoms with Crippen molar-refractivity contribution in [3.8, 4) is 0 Å². The number of aryl methyl sites for hydroxylation is 1. The monoisotopic (exact) mass is 576 g/mol. The Balaban J connectivity index is 0.00000228. The number of nitrogens with zero attached hydrogens (tertiary/aromatic N) is 2. The molecule has 0 N–H and O–H groups in total. The first kappa shape index (κ1) is 30.5. The molecule has 1 aromatic heterocycles. The molecular weight excluding hydrogens is 548 g/mol. The molecule has 2 heterocycles. The minimum absolute atomic E-state index is 0. The molecule has 2 aromatic carbocycles. The highest BCUT2D eigenvalue weighted by molar-refractivity contribution is 8.01. The highest BCUT2D eigenvalue weighted by Gasteiger charge is 2.31. The summed E-state index contributed by atoms with van der Waals surface area (Å²) in [6, 6.07) is 16.9. The summed E-state index contributed by atoms with van der Waals surface area (Å²) in [5.74, 6) is 0.987. The molecular formula is C26H29Cl2F3N2OS2. The van der Waals surface area contributed by atoms with Gasteiger partial charge >= 0.3 is 6.18 Å². The van der Waals surface area contributed by atoms with E-state index in [1.807, 2.05) is 48.2 Å². The van der Waals surface area contributed by atoms with E-state index in [9.17, 15) is 18.0 Å². The number of piperazine rings is 1. The molecule has 1 aliphatic heterocycles. The molecule has 1 fully saturated rings. The van der Waals surface area contributed by atoms with Crippen LogP contribution in [0.15, 0.2) is 64.9 Å². The zero-order valence-electron chi connectivity index (χ0n) is 19.8. The van der Waals surface area contributed by atoms with Gasteiger partial charge in [-0.15, -0.1) is 47.9 Å². The van der Waals surface area contributed by atoms with E-state index in [4.69, 9.17) is 0 Å². The lowest BCUT2D eigenvalue weighted by Gasteiger charge is -2.36. The van der Waals surface area contributed by atoms with Crippen molar-refractivity contribution in [2.24, 2.45) is 0 Å². The number of rotatable bonds is 8. The maximum atomic E-state index is 13.0. The zero-order valence-corrected chi connectivity index (χ0v) is 23.1. The van der Waals surface area contributed by atoms with Crippen LogP contribution in [0.4, 0.5) is 18.9 Å². The van der Waals surface area contributed by atoms with Gasteiger partial charge in [0.1, 0.15) is 0 Å². The fraction of sp³-hybridized carbons (Fsp3) is 0.346. The maximum Gasteiger partial charge on any atom is 0.416 e. The van der Waals surface area contributed by atoms with Crippen LogP contribution in [-0.4, -0.2) is 49.2 Å². The molecule has 10 heteroatoms. The van der Waals surface area contributed by atoms with Crippen LogP contribution in [-0.2, 0) is 6.18 Å². The third-order valence-corrected chi connectivity index (χ3v) is 8.29. The zero-order chi connectivity index (χ0) is 24.1. The standard InChI is InChI=1S/C26H27F3N2OS2.2ClH/c1-19-17-23(24(32)20-7-3-2-4-8-20)25(34-19)33-16-6-11-30-12-14-31(15-13-30)22-10-5-9-21(18-22)26(27,28)29;;/h2-5,7-10,17-18H,6,11-16H2,1H3;2*1H. The van der Waals surface area contributed by atoms with Crippen molar-refractivity contribution >= 4 is 59.4 Å². The van der Waals surface area contributed by atoms with Crippen LogP contribution >= 0.6 is 47.9 Å². The fourth-order valence-corrected chi connectivity index (χ4v) is 6.44. The predicted octanol–water partition coefficient (Wildman–Crippen LogP) is 7.45. The van der Waals surface area contributed by atoms with Crippen LogP contribution in [0.5, 0.6) is 0 Å². The topological polar surface area (TPSA) is 23.6 Å². The molecule has 0 unspecified atom stereocenters. The average molecular weight is 578 g/mol. The molecule has 1 saturated heterocycles. The van der Waals surface area contributed by atoms with Crippen molar-refractivity contribution in [1.29, 1.82) is 0 Å². The number of alkyl halides is 3. The molecule has 0 atom stereocenters. The molecule has 0 amide bonds. The number of anilines is 1. The van der Waals surface area contributed by atoms with E-state index in [0.717, 1.165) is 52.5 Å². The molecule has 0 saturated carbocycles. The lowest BCUT2D eigenvalue weighted by atomic mass is 10.1. The lowest BCUT2D eigenvalue weighted by molar-refractivity contribution is -0.137. The van der Waals surface area contributed by atoms with E-state index in [2.05, 4.69) is 4.90 Å². The van der Waals surface area contributed by atoms with Gasteiger partial charge in [-0.2, -0.15) is 13.2 Å². The Labute approximate surface area is 230 Å². The number of hydrogen-bond donors (Lipinski definition) is 0. The summed E-state index contributed by atoms with van der Waals surface area (Å²) in [6.07, 6.45) is -3.33. The Kier molecular flexibility index (Phi) is 11.6. The molecule has 0 bridgehead atoms. The molecule has 1 aliphatic rings. The Morgan fingerprint density at radius 2 is 1.67 bits per heavy atom. The number of halogens is 5. The van der Waals surface area contributed by atoms with Gasteiger partial charge in [-0.3, -0.25) is 9.69 Å². The summed E-state index contributed by atoms with van der Waals surface area (Å²) < 4.78 is 40.1. The number of carbonyl (C=O) groups is 1. The first-order valence-corrected chi connectivity index (χ1v) is 13.1. The van der Waals surface area contributed by atoms with Crippen molar-refractivity contribution in [2.45, 2.75) is 23.7 Å². The normalized spacial score (nSPS) is 14.2. The highest BCUT2D eigenvalue weighted by Crippen LogP contribution is 2.34. The van der Waals surface area contributed by atoms with Gasteiger partial charge in [-0.1, -0.05) is 36.4 Å². The average Bonchev–Trinajstić information content (AvgIpc) is 3.22. The minimum atomic E-state index is -4.32. The van der Waals surface area contributed by atoms with Crippen molar-refractivity contribution in [3.63, 3.8) is 0 Å². The molecule has 3 nitrogen and oxygen atoms in total. The molecule has 0 radical (unpaired) electrons. The fourth-order valence-electron chi connectivity index (χ4n) is 4.06. The third kappa shape index (κ3) is 7.89. The SMILES string of the molecule is Cc1cc(C(=O)c2ccccc2)c(SCCCN2CCN(c3cccc(C(F)(F)F)c3)CC2)s1.Cl.Cl. The van der Waals surface area contributed by atoms with Crippen molar-refractivity contribution in [3.05, 3.63) is 82.2 Å². The van der Waals surface area contributed by atoms with Crippen LogP contribution in [0, 0.1) is 6.92 Å². The number of carbonyl (C=O) groups excluding carboxylic acids is 1. The first-order valence-electron chi connectivity index (χ1n) is 11.3. The number of hydrogen-bond acceptors (Lipinski definition) is 5. The largest absolute Gasteiger partial charge is 0.416 e. The van der Waals surface area contributed by atoms with E-state index in [0.29, 0.717) is 24.3 Å². The summed E-state index contributed by atoms with van der Waals surface area (Å²) in [5.41, 5.74) is 1.53. The minimum Gasteiger partial charge on any atom is -0.369 e. The van der Waals surface area contributed by atoms with E-state index < -0.39 is 11.7 Å². The van der Waals surface area contributed by atoms with Crippen LogP contribution < -0.4 is 4.90 Å². The number of ketones is 1. The van der Waals surface area contributed by atoms with Crippen LogP contribution in [0.3, 0.4) is 0 Å². The van der Waals surface area contributed by atoms with Gasteiger partial charge in [0.25, 0.3) is 0 Å². The lowest BCUT2D eigenvalue weighted by Crippen LogP contribution is -2.46. The first-order chi connectivity index (χ1) is 16.3. The third-order valence-electron chi connectivity index (χ3n) is 5.86. The Bertz CT molecular complexity index is 1120. The summed E-state index contributed by atoms with van der Waals surface area (Å²) in [4.78, 5) is 18.4. The molecule has 36 heavy (non-hydrogen) atoms. The van der Waals surface area contributed by atoms with Gasteiger partial charge in [0, 0.05) is 53.6 Å². The molecule has 3 aromatic rings. The second-order valence-corrected chi connectivity index (χ2v) is 11.0. The van der Waals surface area contributed by atoms with Crippen LogP contribution in [0.2, 0.25) is 0 Å². The second-order valence-electron chi connectivity index (χ2n) is 8.33. The van der Waals surface area contributed by atoms with E-state index in [-0.39, 0.29) is 30.6 Å². The summed E-state index contributed by atoms with van der Waals surface area (Å²) in [7, 11) is 0. The summed E-state index contributed by atoms with van der Waals surface area (Å²) in [6.45, 7) is 6.06. The molecule has 0 aliphatic carbocycles. The van der Waals surface area contributed by atoms with Gasteiger partial charge in [0.2, 0.25) is 0 Å². The smallest absolute Gasteiger partial charge is 0.369 e. The predicted molar refractivity (Wildman–Crippen MR) is 149 cm³/mol. The van der Waals surface area contributed by atoms with Gasteiger partial charge in [0.15, 0.2) is 5.78 Å².